The second-order valence-electron chi connectivity index (χ2n) is 3.95. The van der Waals surface area contributed by atoms with Gasteiger partial charge in [-0.05, 0) is 18.6 Å². The summed E-state index contributed by atoms with van der Waals surface area (Å²) in [6.45, 7) is 3.39. The lowest BCUT2D eigenvalue weighted by molar-refractivity contribution is -0.130. The van der Waals surface area contributed by atoms with Crippen molar-refractivity contribution >= 4 is 17.4 Å². The van der Waals surface area contributed by atoms with Crippen LogP contribution in [-0.2, 0) is 9.59 Å². The molecule has 0 aliphatic carbocycles. The minimum Gasteiger partial charge on any atom is -0.325 e. The summed E-state index contributed by atoms with van der Waals surface area (Å²) in [5.41, 5.74) is 1.87. The summed E-state index contributed by atoms with van der Waals surface area (Å²) < 4.78 is 0. The van der Waals surface area contributed by atoms with Crippen LogP contribution in [0.15, 0.2) is 24.3 Å². The highest BCUT2D eigenvalue weighted by Crippen LogP contribution is 2.35. The Labute approximate surface area is 88.5 Å². The molecule has 1 aromatic rings. The van der Waals surface area contributed by atoms with Crippen molar-refractivity contribution in [1.82, 2.24) is 0 Å². The number of carbonyl (C=O) groups is 2. The number of fused-ring (bicyclic) bond motifs is 1. The average Bonchev–Trinajstić information content (AvgIpc) is 2.17. The van der Waals surface area contributed by atoms with E-state index in [-0.39, 0.29) is 17.6 Å². The van der Waals surface area contributed by atoms with E-state index >= 15 is 0 Å². The third-order valence-corrected chi connectivity index (χ3v) is 2.93. The molecule has 0 aromatic heterocycles. The minimum atomic E-state index is -0.542. The summed E-state index contributed by atoms with van der Waals surface area (Å²) >= 11 is 0. The Morgan fingerprint density at radius 2 is 2.00 bits per heavy atom. The van der Waals surface area contributed by atoms with Gasteiger partial charge in [-0.15, -0.1) is 0 Å². The molecule has 0 radical (unpaired) electrons. The van der Waals surface area contributed by atoms with Gasteiger partial charge < -0.3 is 5.32 Å². The van der Waals surface area contributed by atoms with Gasteiger partial charge in [0.1, 0.15) is 11.7 Å². The Morgan fingerprint density at radius 1 is 1.33 bits per heavy atom. The maximum absolute atomic E-state index is 11.7. The highest BCUT2D eigenvalue weighted by atomic mass is 16.2. The number of hydrogen-bond donors (Lipinski definition) is 1. The predicted octanol–water partition coefficient (Wildman–Crippen LogP) is 1.95. The lowest BCUT2D eigenvalue weighted by Crippen LogP contribution is -2.36. The largest absolute Gasteiger partial charge is 0.325 e. The summed E-state index contributed by atoms with van der Waals surface area (Å²) in [6, 6.07) is 7.61. The first-order valence-corrected chi connectivity index (χ1v) is 5.01. The van der Waals surface area contributed by atoms with Gasteiger partial charge in [0, 0.05) is 11.6 Å². The SMILES string of the molecule is CC(=O)[C@@H]1C(=O)Nc2ccccc2[C@@H]1C. The van der Waals surface area contributed by atoms with Gasteiger partial charge in [0.25, 0.3) is 0 Å². The predicted molar refractivity (Wildman–Crippen MR) is 57.7 cm³/mol. The summed E-state index contributed by atoms with van der Waals surface area (Å²) in [5, 5.41) is 2.76. The zero-order valence-corrected chi connectivity index (χ0v) is 8.78. The summed E-state index contributed by atoms with van der Waals surface area (Å²) in [5.74, 6) is -0.837. The van der Waals surface area contributed by atoms with Gasteiger partial charge in [0.15, 0.2) is 0 Å². The van der Waals surface area contributed by atoms with Gasteiger partial charge in [-0.2, -0.15) is 0 Å². The highest BCUT2D eigenvalue weighted by molar-refractivity contribution is 6.09. The molecule has 0 saturated carbocycles. The molecule has 1 N–H and O–H groups in total. The molecule has 0 bridgehead atoms. The molecule has 1 amide bonds. The number of amides is 1. The Morgan fingerprint density at radius 3 is 2.67 bits per heavy atom. The number of rotatable bonds is 1. The van der Waals surface area contributed by atoms with E-state index in [4.69, 9.17) is 0 Å². The quantitative estimate of drug-likeness (QED) is 0.709. The fraction of sp³-hybridized carbons (Fsp3) is 0.333. The zero-order chi connectivity index (χ0) is 11.0. The van der Waals surface area contributed by atoms with Crippen molar-refractivity contribution in [3.05, 3.63) is 29.8 Å². The molecular weight excluding hydrogens is 190 g/mol. The lowest BCUT2D eigenvalue weighted by Gasteiger charge is -2.28. The monoisotopic (exact) mass is 203 g/mol. The molecule has 0 saturated heterocycles. The third kappa shape index (κ3) is 1.54. The van der Waals surface area contributed by atoms with E-state index in [9.17, 15) is 9.59 Å². The number of benzene rings is 1. The van der Waals surface area contributed by atoms with Crippen molar-refractivity contribution in [3.8, 4) is 0 Å². The first kappa shape index (κ1) is 9.90. The van der Waals surface area contributed by atoms with E-state index in [1.165, 1.54) is 6.92 Å². The normalized spacial score (nSPS) is 24.3. The van der Waals surface area contributed by atoms with Crippen molar-refractivity contribution in [2.45, 2.75) is 19.8 Å². The standard InChI is InChI=1S/C12H13NO2/c1-7-9-5-3-4-6-10(9)13-12(15)11(7)8(2)14/h3-7,11H,1-2H3,(H,13,15)/t7-,11+/m0/s1. The van der Waals surface area contributed by atoms with Crippen molar-refractivity contribution in [1.29, 1.82) is 0 Å². The Hall–Kier alpha value is -1.64. The molecule has 78 valence electrons. The van der Waals surface area contributed by atoms with E-state index in [2.05, 4.69) is 5.32 Å². The first-order valence-electron chi connectivity index (χ1n) is 5.01. The second kappa shape index (κ2) is 3.50. The molecule has 1 heterocycles. The molecule has 3 heteroatoms. The van der Waals surface area contributed by atoms with Gasteiger partial charge in [-0.3, -0.25) is 9.59 Å². The molecule has 3 nitrogen and oxygen atoms in total. The second-order valence-corrected chi connectivity index (χ2v) is 3.95. The van der Waals surface area contributed by atoms with E-state index in [0.29, 0.717) is 0 Å². The van der Waals surface area contributed by atoms with Gasteiger partial charge in [-0.1, -0.05) is 25.1 Å². The van der Waals surface area contributed by atoms with E-state index in [1.54, 1.807) is 0 Å². The number of para-hydroxylation sites is 1. The minimum absolute atomic E-state index is 0.0348. The molecule has 1 aliphatic heterocycles. The van der Waals surface area contributed by atoms with Gasteiger partial charge in [-0.25, -0.2) is 0 Å². The van der Waals surface area contributed by atoms with Crippen LogP contribution in [0.3, 0.4) is 0 Å². The molecule has 1 aromatic carbocycles. The number of nitrogens with one attached hydrogen (secondary N) is 1. The molecular formula is C12H13NO2. The molecule has 0 unspecified atom stereocenters. The molecule has 0 fully saturated rings. The van der Waals surface area contributed by atoms with Crippen LogP contribution in [0.4, 0.5) is 5.69 Å². The van der Waals surface area contributed by atoms with Gasteiger partial charge >= 0.3 is 0 Å². The van der Waals surface area contributed by atoms with Gasteiger partial charge in [0.2, 0.25) is 5.91 Å². The van der Waals surface area contributed by atoms with Gasteiger partial charge in [0.05, 0.1) is 0 Å². The third-order valence-electron chi connectivity index (χ3n) is 2.93. The average molecular weight is 203 g/mol. The van der Waals surface area contributed by atoms with Crippen molar-refractivity contribution in [2.24, 2.45) is 5.92 Å². The number of ketones is 1. The molecule has 0 spiro atoms. The van der Waals surface area contributed by atoms with E-state index in [0.717, 1.165) is 11.3 Å². The summed E-state index contributed by atoms with van der Waals surface area (Å²) in [7, 11) is 0. The van der Waals surface area contributed by atoms with E-state index < -0.39 is 5.92 Å². The van der Waals surface area contributed by atoms with Crippen molar-refractivity contribution in [3.63, 3.8) is 0 Å². The highest BCUT2D eigenvalue weighted by Gasteiger charge is 2.35. The number of carbonyl (C=O) groups excluding carboxylic acids is 2. The van der Waals surface area contributed by atoms with Crippen molar-refractivity contribution < 1.29 is 9.59 Å². The Balaban J connectivity index is 2.47. The topological polar surface area (TPSA) is 46.2 Å². The van der Waals surface area contributed by atoms with Crippen LogP contribution < -0.4 is 5.32 Å². The lowest BCUT2D eigenvalue weighted by atomic mass is 9.81. The Kier molecular flexibility index (Phi) is 2.31. The Bertz CT molecular complexity index is 425. The van der Waals surface area contributed by atoms with Crippen LogP contribution in [-0.4, -0.2) is 11.7 Å². The molecule has 1 aliphatic rings. The van der Waals surface area contributed by atoms with Crippen LogP contribution >= 0.6 is 0 Å². The summed E-state index contributed by atoms with van der Waals surface area (Å²) in [6.07, 6.45) is 0. The number of hydrogen-bond acceptors (Lipinski definition) is 2. The fourth-order valence-electron chi connectivity index (χ4n) is 2.16. The first-order chi connectivity index (χ1) is 7.11. The van der Waals surface area contributed by atoms with Crippen LogP contribution in [0.1, 0.15) is 25.3 Å². The van der Waals surface area contributed by atoms with Crippen LogP contribution in [0.25, 0.3) is 0 Å². The maximum atomic E-state index is 11.7. The van der Waals surface area contributed by atoms with Crippen LogP contribution in [0.5, 0.6) is 0 Å². The van der Waals surface area contributed by atoms with Crippen molar-refractivity contribution in [2.75, 3.05) is 5.32 Å². The fourth-order valence-corrected chi connectivity index (χ4v) is 2.16. The molecule has 2 rings (SSSR count). The zero-order valence-electron chi connectivity index (χ0n) is 8.78. The molecule has 15 heavy (non-hydrogen) atoms. The number of Topliss-reactive ketones (excluding diaryl/α,β-unsaturated/α-hetero) is 1. The number of anilines is 1. The maximum Gasteiger partial charge on any atom is 0.235 e. The van der Waals surface area contributed by atoms with E-state index in [1.807, 2.05) is 31.2 Å². The smallest absolute Gasteiger partial charge is 0.235 e. The van der Waals surface area contributed by atoms with Crippen LogP contribution in [0, 0.1) is 5.92 Å². The summed E-state index contributed by atoms with van der Waals surface area (Å²) in [4.78, 5) is 23.0. The van der Waals surface area contributed by atoms with Crippen LogP contribution in [0.2, 0.25) is 0 Å². The molecule has 2 atom stereocenters.